The molecule has 37 heavy (non-hydrogen) atoms. The second-order valence-electron chi connectivity index (χ2n) is 8.88. The lowest BCUT2D eigenvalue weighted by Crippen LogP contribution is -2.62. The van der Waals surface area contributed by atoms with Crippen LogP contribution in [0.15, 0.2) is 23.0 Å². The van der Waals surface area contributed by atoms with Crippen molar-refractivity contribution in [2.24, 2.45) is 0 Å². The highest BCUT2D eigenvalue weighted by Crippen LogP contribution is 2.42. The summed E-state index contributed by atoms with van der Waals surface area (Å²) < 4.78 is 45.1. The first-order valence-electron chi connectivity index (χ1n) is 12.1. The number of hydrazine groups is 1. The van der Waals surface area contributed by atoms with Gasteiger partial charge in [0, 0.05) is 18.7 Å². The zero-order chi connectivity index (χ0) is 26.9. The first-order chi connectivity index (χ1) is 17.6. The molecule has 2 aromatic rings. The molecule has 1 unspecified atom stereocenters. The second-order valence-corrected chi connectivity index (χ2v) is 8.88. The van der Waals surface area contributed by atoms with Crippen LogP contribution in [0.4, 0.5) is 18.9 Å². The number of nitrogens with one attached hydrogen (secondary N) is 2. The van der Waals surface area contributed by atoms with Gasteiger partial charge in [-0.05, 0) is 38.0 Å². The molecule has 0 spiro atoms. The Balaban J connectivity index is 1.83. The lowest BCUT2D eigenvalue weighted by atomic mass is 10.0. The molecule has 200 valence electrons. The Morgan fingerprint density at radius 1 is 1.22 bits per heavy atom. The molecule has 1 saturated heterocycles. The summed E-state index contributed by atoms with van der Waals surface area (Å²) in [5, 5.41) is 5.10. The first kappa shape index (κ1) is 26.6. The van der Waals surface area contributed by atoms with Crippen LogP contribution in [-0.2, 0) is 9.63 Å². The molecule has 1 aromatic heterocycles. The lowest BCUT2D eigenvalue weighted by molar-refractivity contribution is -0.209. The molecule has 2 aliphatic rings. The summed E-state index contributed by atoms with van der Waals surface area (Å²) in [6.07, 6.45) is -3.21. The Morgan fingerprint density at radius 3 is 2.51 bits per heavy atom. The van der Waals surface area contributed by atoms with Crippen LogP contribution >= 0.6 is 0 Å². The molecular weight excluding hydrogens is 495 g/mol. The zero-order valence-corrected chi connectivity index (χ0v) is 20.6. The van der Waals surface area contributed by atoms with Crippen molar-refractivity contribution in [2.45, 2.75) is 58.3 Å². The van der Waals surface area contributed by atoms with Crippen molar-refractivity contribution in [3.63, 3.8) is 0 Å². The van der Waals surface area contributed by atoms with E-state index in [4.69, 9.17) is 9.57 Å². The average molecular weight is 524 g/mol. The molecule has 0 saturated carbocycles. The first-order valence-corrected chi connectivity index (χ1v) is 12.1. The van der Waals surface area contributed by atoms with E-state index in [1.165, 1.54) is 11.9 Å². The summed E-state index contributed by atoms with van der Waals surface area (Å²) in [6.45, 7) is 6.45. The van der Waals surface area contributed by atoms with Crippen LogP contribution in [0.3, 0.4) is 0 Å². The Labute approximate surface area is 210 Å². The number of halogens is 3. The minimum atomic E-state index is -5.26. The van der Waals surface area contributed by atoms with Crippen LogP contribution in [0, 0.1) is 0 Å². The third kappa shape index (κ3) is 5.18. The number of carbonyl (C=O) groups excluding carboxylic acids is 2. The summed E-state index contributed by atoms with van der Waals surface area (Å²) >= 11 is 0. The monoisotopic (exact) mass is 523 g/mol. The van der Waals surface area contributed by atoms with Crippen LogP contribution < -0.4 is 20.8 Å². The van der Waals surface area contributed by atoms with Crippen LogP contribution in [0.2, 0.25) is 0 Å². The quantitative estimate of drug-likeness (QED) is 0.377. The number of benzene rings is 1. The molecule has 0 radical (unpaired) electrons. The van der Waals surface area contributed by atoms with Gasteiger partial charge in [0.05, 0.1) is 29.9 Å². The van der Waals surface area contributed by atoms with Crippen molar-refractivity contribution in [3.8, 4) is 17.1 Å². The molecule has 0 amide bonds. The average Bonchev–Trinajstić information content (AvgIpc) is 3.10. The van der Waals surface area contributed by atoms with Crippen LogP contribution in [0.1, 0.15) is 62.1 Å². The maximum absolute atomic E-state index is 13.3. The minimum absolute atomic E-state index is 0.0903. The van der Waals surface area contributed by atoms with E-state index in [2.05, 4.69) is 15.3 Å². The molecule has 1 fully saturated rings. The van der Waals surface area contributed by atoms with Gasteiger partial charge in [0.2, 0.25) is 0 Å². The number of nitrogens with zero attached hydrogens (tertiary/aromatic N) is 3. The van der Waals surface area contributed by atoms with Crippen molar-refractivity contribution in [1.29, 1.82) is 0 Å². The van der Waals surface area contributed by atoms with E-state index >= 15 is 0 Å². The van der Waals surface area contributed by atoms with Crippen LogP contribution in [0.5, 0.6) is 5.75 Å². The third-order valence-electron chi connectivity index (χ3n) is 6.28. The smallest absolute Gasteiger partial charge is 0.493 e. The number of alkyl halides is 3. The molecule has 0 bridgehead atoms. The number of carbonyl (C=O) groups is 2. The zero-order valence-electron chi connectivity index (χ0n) is 20.6. The lowest BCUT2D eigenvalue weighted by Gasteiger charge is -2.41. The number of Topliss-reactive ketones (excluding diaryl/α,β-unsaturated/α-hetero) is 1. The molecule has 1 aromatic carbocycles. The number of rotatable bonds is 9. The molecule has 10 nitrogen and oxygen atoms in total. The Hall–Kier alpha value is -3.45. The number of unbranched alkanes of at least 4 members (excludes halogenated alkanes) is 1. The number of hydrogen-bond donors (Lipinski definition) is 2. The Morgan fingerprint density at radius 2 is 1.95 bits per heavy atom. The van der Waals surface area contributed by atoms with E-state index in [0.717, 1.165) is 12.8 Å². The van der Waals surface area contributed by atoms with Crippen molar-refractivity contribution in [2.75, 3.05) is 24.9 Å². The third-order valence-corrected chi connectivity index (χ3v) is 6.28. The van der Waals surface area contributed by atoms with Gasteiger partial charge < -0.3 is 19.9 Å². The highest BCUT2D eigenvalue weighted by Gasteiger charge is 2.50. The van der Waals surface area contributed by atoms with Crippen molar-refractivity contribution >= 4 is 17.4 Å². The second kappa shape index (κ2) is 10.5. The molecule has 2 N–H and O–H groups in total. The summed E-state index contributed by atoms with van der Waals surface area (Å²) in [4.78, 5) is 49.0. The number of ketones is 1. The molecular formula is C24H28F3N5O5. The van der Waals surface area contributed by atoms with Gasteiger partial charge in [-0.15, -0.1) is 5.17 Å². The summed E-state index contributed by atoms with van der Waals surface area (Å²) in [5.74, 6) is -2.16. The highest BCUT2D eigenvalue weighted by molar-refractivity contribution is 5.95. The number of aromatic nitrogens is 2. The number of H-pyrrole nitrogens is 1. The van der Waals surface area contributed by atoms with Crippen molar-refractivity contribution in [1.82, 2.24) is 20.3 Å². The molecule has 0 aliphatic carbocycles. The number of ether oxygens (including phenoxy) is 1. The number of hydrogen-bond acceptors (Lipinski definition) is 9. The molecule has 2 aliphatic heterocycles. The molecule has 13 heteroatoms. The van der Waals surface area contributed by atoms with Gasteiger partial charge in [-0.25, -0.2) is 9.78 Å². The fourth-order valence-electron chi connectivity index (χ4n) is 4.25. The maximum Gasteiger partial charge on any atom is 0.493 e. The Kier molecular flexibility index (Phi) is 7.55. The van der Waals surface area contributed by atoms with Gasteiger partial charge in [-0.2, -0.15) is 18.2 Å². The number of anilines is 1. The van der Waals surface area contributed by atoms with Gasteiger partial charge in [-0.3, -0.25) is 9.59 Å². The summed E-state index contributed by atoms with van der Waals surface area (Å²) in [6, 6.07) is 3.83. The highest BCUT2D eigenvalue weighted by atomic mass is 19.4. The standard InChI is InChI=1S/C24H28F3N5O5/c1-4-6-9-36-18-8-7-14(13(3)33)10-16(18)21-29-19-17(5-2)31(15-11-28-12-15)32(20(19)22(34)30-21)37-23(35)24(25,26)27/h7-8,10,15,17,28H,4-6,9,11-12H2,1-3H3,(H,29,30,34). The van der Waals surface area contributed by atoms with Crippen LogP contribution in [-0.4, -0.2) is 58.6 Å². The van der Waals surface area contributed by atoms with Gasteiger partial charge in [0.1, 0.15) is 11.6 Å². The van der Waals surface area contributed by atoms with E-state index in [0.29, 0.717) is 48.2 Å². The van der Waals surface area contributed by atoms with E-state index < -0.39 is 23.7 Å². The fourth-order valence-corrected chi connectivity index (χ4v) is 4.25. The molecule has 3 heterocycles. The van der Waals surface area contributed by atoms with E-state index in [1.807, 2.05) is 6.92 Å². The molecule has 4 rings (SSSR count). The predicted molar refractivity (Wildman–Crippen MR) is 127 cm³/mol. The largest absolute Gasteiger partial charge is 0.493 e. The molecule has 1 atom stereocenters. The predicted octanol–water partition coefficient (Wildman–Crippen LogP) is 3.30. The van der Waals surface area contributed by atoms with E-state index in [-0.39, 0.29) is 29.0 Å². The summed E-state index contributed by atoms with van der Waals surface area (Å²) in [5.41, 5.74) is -0.194. The topological polar surface area (TPSA) is 117 Å². The van der Waals surface area contributed by atoms with Crippen molar-refractivity contribution < 1.29 is 32.3 Å². The maximum atomic E-state index is 13.3. The Bertz CT molecular complexity index is 1240. The SMILES string of the molecule is CCCCOc1ccc(C(C)=O)cc1-c1nc2c(c(=O)[nH]1)N(OC(=O)C(F)(F)F)N(C1CNC1)C2CC. The van der Waals surface area contributed by atoms with E-state index in [1.54, 1.807) is 25.1 Å². The number of fused-ring (bicyclic) bond motifs is 1. The van der Waals surface area contributed by atoms with Gasteiger partial charge in [0.15, 0.2) is 11.5 Å². The number of aromatic amines is 1. The minimum Gasteiger partial charge on any atom is -0.493 e. The van der Waals surface area contributed by atoms with Crippen molar-refractivity contribution in [3.05, 3.63) is 39.8 Å². The van der Waals surface area contributed by atoms with Gasteiger partial charge >= 0.3 is 12.1 Å². The normalized spacial score (nSPS) is 17.9. The summed E-state index contributed by atoms with van der Waals surface area (Å²) in [7, 11) is 0. The fraction of sp³-hybridized carbons (Fsp3) is 0.500. The van der Waals surface area contributed by atoms with Crippen LogP contribution in [0.25, 0.3) is 11.4 Å². The van der Waals surface area contributed by atoms with Gasteiger partial charge in [0.25, 0.3) is 5.56 Å². The van der Waals surface area contributed by atoms with Gasteiger partial charge in [-0.1, -0.05) is 20.3 Å². The van der Waals surface area contributed by atoms with E-state index in [9.17, 15) is 27.6 Å².